The van der Waals surface area contributed by atoms with Gasteiger partial charge in [-0.25, -0.2) is 4.79 Å². The predicted molar refractivity (Wildman–Crippen MR) is 81.4 cm³/mol. The molecule has 6 heteroatoms. The maximum absolute atomic E-state index is 12.4. The first-order valence-corrected chi connectivity index (χ1v) is 7.31. The zero-order valence-electron chi connectivity index (χ0n) is 12.9. The Morgan fingerprint density at radius 2 is 2.09 bits per heavy atom. The molecule has 0 radical (unpaired) electrons. The summed E-state index contributed by atoms with van der Waals surface area (Å²) in [5.74, 6) is -0.0832. The monoisotopic (exact) mass is 315 g/mol. The number of ether oxygens (including phenoxy) is 2. The number of carbonyl (C=O) groups excluding carboxylic acids is 2. The number of furan rings is 1. The summed E-state index contributed by atoms with van der Waals surface area (Å²) in [5.41, 5.74) is 1.14. The van der Waals surface area contributed by atoms with Crippen molar-refractivity contribution in [3.63, 3.8) is 0 Å². The molecule has 23 heavy (non-hydrogen) atoms. The van der Waals surface area contributed by atoms with Gasteiger partial charge in [-0.15, -0.1) is 0 Å². The number of rotatable bonds is 3. The smallest absolute Gasteiger partial charge is 0.341 e. The first-order chi connectivity index (χ1) is 11.1. The van der Waals surface area contributed by atoms with Crippen LogP contribution in [0.3, 0.4) is 0 Å². The molecule has 6 nitrogen and oxygen atoms in total. The van der Waals surface area contributed by atoms with Crippen molar-refractivity contribution >= 4 is 11.9 Å². The van der Waals surface area contributed by atoms with E-state index in [9.17, 15) is 9.59 Å². The minimum Gasteiger partial charge on any atom is -0.490 e. The Balaban J connectivity index is 1.78. The number of methoxy groups -OCH3 is 1. The second kappa shape index (κ2) is 6.16. The highest BCUT2D eigenvalue weighted by Crippen LogP contribution is 2.34. The highest BCUT2D eigenvalue weighted by Gasteiger charge is 2.28. The molecule has 2 aromatic rings. The van der Waals surface area contributed by atoms with Crippen molar-refractivity contribution in [2.24, 2.45) is 0 Å². The molecule has 2 heterocycles. The van der Waals surface area contributed by atoms with Gasteiger partial charge in [0, 0.05) is 18.1 Å². The molecule has 1 aliphatic rings. The van der Waals surface area contributed by atoms with E-state index in [0.29, 0.717) is 6.42 Å². The minimum absolute atomic E-state index is 0.00238. The van der Waals surface area contributed by atoms with Gasteiger partial charge >= 0.3 is 5.97 Å². The average molecular weight is 315 g/mol. The number of esters is 1. The number of carbonyl (C=O) groups is 2. The maximum atomic E-state index is 12.4. The molecule has 1 aliphatic heterocycles. The topological polar surface area (TPSA) is 77.8 Å². The molecule has 1 N–H and O–H groups in total. The summed E-state index contributed by atoms with van der Waals surface area (Å²) in [5, 5.41) is 2.93. The minimum atomic E-state index is -0.544. The van der Waals surface area contributed by atoms with Gasteiger partial charge in [-0.2, -0.15) is 0 Å². The number of hydrogen-bond donors (Lipinski definition) is 1. The molecule has 2 atom stereocenters. The van der Waals surface area contributed by atoms with Gasteiger partial charge < -0.3 is 19.2 Å². The van der Waals surface area contributed by atoms with Crippen molar-refractivity contribution in [3.05, 3.63) is 53.5 Å². The van der Waals surface area contributed by atoms with Crippen molar-refractivity contribution in [3.8, 4) is 5.75 Å². The fourth-order valence-electron chi connectivity index (χ4n) is 2.65. The Labute approximate surface area is 133 Å². The quantitative estimate of drug-likeness (QED) is 0.881. The van der Waals surface area contributed by atoms with Crippen molar-refractivity contribution in [2.75, 3.05) is 7.11 Å². The lowest BCUT2D eigenvalue weighted by atomic mass is 9.97. The van der Waals surface area contributed by atoms with Crippen LogP contribution in [0.4, 0.5) is 0 Å². The summed E-state index contributed by atoms with van der Waals surface area (Å²) in [6.07, 6.45) is 1.87. The Morgan fingerprint density at radius 3 is 2.87 bits per heavy atom. The normalized spacial score (nSPS) is 19.4. The van der Waals surface area contributed by atoms with E-state index in [0.717, 1.165) is 11.3 Å². The summed E-state index contributed by atoms with van der Waals surface area (Å²) in [6, 6.07) is 8.80. The highest BCUT2D eigenvalue weighted by molar-refractivity contribution is 5.96. The molecule has 0 spiro atoms. The molecule has 0 saturated heterocycles. The molecule has 3 rings (SSSR count). The third-order valence-electron chi connectivity index (χ3n) is 3.74. The van der Waals surface area contributed by atoms with E-state index >= 15 is 0 Å². The lowest BCUT2D eigenvalue weighted by Crippen LogP contribution is -2.35. The van der Waals surface area contributed by atoms with Crippen molar-refractivity contribution in [1.29, 1.82) is 0 Å². The second-order valence-electron chi connectivity index (χ2n) is 5.42. The lowest BCUT2D eigenvalue weighted by molar-refractivity contribution is 0.0599. The number of fused-ring (bicyclic) bond motifs is 1. The molecule has 120 valence electrons. The standard InChI is InChI=1S/C17H17NO5/c1-10-7-13(12-5-3-4-6-14(12)23-10)18-16(19)15-8-11(9-22-15)17(20)21-2/h3-6,8-10,13H,7H2,1-2H3,(H,18,19)/t10-,13-/m1/s1. The molecule has 0 fully saturated rings. The number of hydrogen-bond acceptors (Lipinski definition) is 5. The average Bonchev–Trinajstić information content (AvgIpc) is 3.04. The van der Waals surface area contributed by atoms with Crippen molar-refractivity contribution in [1.82, 2.24) is 5.32 Å². The number of amides is 1. The first-order valence-electron chi connectivity index (χ1n) is 7.31. The van der Waals surface area contributed by atoms with Crippen LogP contribution in [-0.2, 0) is 4.74 Å². The Morgan fingerprint density at radius 1 is 1.30 bits per heavy atom. The van der Waals surface area contributed by atoms with E-state index in [-0.39, 0.29) is 29.4 Å². The van der Waals surface area contributed by atoms with Gasteiger partial charge in [0.05, 0.1) is 24.8 Å². The fourth-order valence-corrected chi connectivity index (χ4v) is 2.65. The molecular weight excluding hydrogens is 298 g/mol. The summed E-state index contributed by atoms with van der Waals surface area (Å²) in [6.45, 7) is 1.96. The zero-order chi connectivity index (χ0) is 16.4. The van der Waals surface area contributed by atoms with Crippen LogP contribution in [0.15, 0.2) is 41.0 Å². The van der Waals surface area contributed by atoms with Gasteiger partial charge in [0.15, 0.2) is 5.76 Å². The summed E-state index contributed by atoms with van der Waals surface area (Å²) < 4.78 is 15.5. The fraction of sp³-hybridized carbons (Fsp3) is 0.294. The van der Waals surface area contributed by atoms with E-state index in [1.54, 1.807) is 0 Å². The van der Waals surface area contributed by atoms with E-state index in [2.05, 4.69) is 10.1 Å². The molecule has 0 aliphatic carbocycles. The summed E-state index contributed by atoms with van der Waals surface area (Å²) in [7, 11) is 1.27. The largest absolute Gasteiger partial charge is 0.490 e. The third-order valence-corrected chi connectivity index (χ3v) is 3.74. The molecule has 0 bridgehead atoms. The van der Waals surface area contributed by atoms with Gasteiger partial charge in [0.2, 0.25) is 0 Å². The highest BCUT2D eigenvalue weighted by atomic mass is 16.5. The summed E-state index contributed by atoms with van der Waals surface area (Å²) in [4.78, 5) is 23.8. The van der Waals surface area contributed by atoms with Crippen LogP contribution in [-0.4, -0.2) is 25.1 Å². The van der Waals surface area contributed by atoms with Gasteiger partial charge in [-0.1, -0.05) is 18.2 Å². The third kappa shape index (κ3) is 3.06. The van der Waals surface area contributed by atoms with Crippen LogP contribution in [0.25, 0.3) is 0 Å². The number of nitrogens with one attached hydrogen (secondary N) is 1. The molecule has 1 aromatic heterocycles. The first kappa shape index (κ1) is 15.1. The van der Waals surface area contributed by atoms with E-state index in [1.807, 2.05) is 31.2 Å². The predicted octanol–water partition coefficient (Wildman–Crippen LogP) is 2.71. The molecule has 0 unspecified atom stereocenters. The molecule has 1 amide bonds. The van der Waals surface area contributed by atoms with Crippen LogP contribution < -0.4 is 10.1 Å². The molecule has 1 aromatic carbocycles. The molecular formula is C17H17NO5. The van der Waals surface area contributed by atoms with Crippen LogP contribution >= 0.6 is 0 Å². The maximum Gasteiger partial charge on any atom is 0.341 e. The van der Waals surface area contributed by atoms with Crippen LogP contribution in [0, 0.1) is 0 Å². The number of para-hydroxylation sites is 1. The van der Waals surface area contributed by atoms with Gasteiger partial charge in [0.25, 0.3) is 5.91 Å². The van der Waals surface area contributed by atoms with Crippen LogP contribution in [0.5, 0.6) is 5.75 Å². The van der Waals surface area contributed by atoms with E-state index in [1.165, 1.54) is 19.4 Å². The Kier molecular flexibility index (Phi) is 4.06. The van der Waals surface area contributed by atoms with Crippen LogP contribution in [0.2, 0.25) is 0 Å². The SMILES string of the molecule is COC(=O)c1coc(C(=O)N[C@@H]2C[C@@H](C)Oc3ccccc32)c1. The van der Waals surface area contributed by atoms with Crippen LogP contribution in [0.1, 0.15) is 45.9 Å². The Hall–Kier alpha value is -2.76. The zero-order valence-corrected chi connectivity index (χ0v) is 12.9. The number of benzene rings is 1. The van der Waals surface area contributed by atoms with Crippen molar-refractivity contribution in [2.45, 2.75) is 25.5 Å². The van der Waals surface area contributed by atoms with Gasteiger partial charge in [-0.3, -0.25) is 4.79 Å². The summed E-state index contributed by atoms with van der Waals surface area (Å²) >= 11 is 0. The Bertz CT molecular complexity index is 736. The van der Waals surface area contributed by atoms with E-state index in [4.69, 9.17) is 9.15 Å². The molecule has 0 saturated carbocycles. The lowest BCUT2D eigenvalue weighted by Gasteiger charge is -2.30. The van der Waals surface area contributed by atoms with Crippen molar-refractivity contribution < 1.29 is 23.5 Å². The van der Waals surface area contributed by atoms with Gasteiger partial charge in [-0.05, 0) is 13.0 Å². The second-order valence-corrected chi connectivity index (χ2v) is 5.42. The van der Waals surface area contributed by atoms with E-state index < -0.39 is 5.97 Å². The van der Waals surface area contributed by atoms with Gasteiger partial charge in [0.1, 0.15) is 12.0 Å².